The van der Waals surface area contributed by atoms with Crippen molar-refractivity contribution in [1.82, 2.24) is 10.3 Å². The summed E-state index contributed by atoms with van der Waals surface area (Å²) in [6.07, 6.45) is 5.94. The van der Waals surface area contributed by atoms with Gasteiger partial charge in [-0.3, -0.25) is 0 Å². The Morgan fingerprint density at radius 3 is 2.85 bits per heavy atom. The maximum atomic E-state index is 6.15. The predicted octanol–water partition coefficient (Wildman–Crippen LogP) is 7.03. The Labute approximate surface area is 171 Å². The van der Waals surface area contributed by atoms with Gasteiger partial charge in [0.05, 0.1) is 10.0 Å². The average molecular weight is 401 g/mol. The summed E-state index contributed by atoms with van der Waals surface area (Å²) >= 11 is 12.2. The lowest BCUT2D eigenvalue weighted by atomic mass is 9.91. The third kappa shape index (κ3) is 4.03. The average Bonchev–Trinajstić information content (AvgIpc) is 3.07. The third-order valence-corrected chi connectivity index (χ3v) is 6.57. The van der Waals surface area contributed by atoms with E-state index in [2.05, 4.69) is 47.6 Å². The maximum Gasteiger partial charge on any atom is 0.0595 e. The second-order valence-electron chi connectivity index (χ2n) is 7.68. The lowest BCUT2D eigenvalue weighted by molar-refractivity contribution is 0.441. The van der Waals surface area contributed by atoms with Crippen LogP contribution in [-0.2, 0) is 6.42 Å². The summed E-state index contributed by atoms with van der Waals surface area (Å²) in [6, 6.07) is 15.1. The van der Waals surface area contributed by atoms with Crippen molar-refractivity contribution >= 4 is 34.1 Å². The molecule has 27 heavy (non-hydrogen) atoms. The zero-order valence-electron chi connectivity index (χ0n) is 15.7. The first kappa shape index (κ1) is 18.9. The summed E-state index contributed by atoms with van der Waals surface area (Å²) in [4.78, 5) is 3.66. The molecule has 142 valence electrons. The Hall–Kier alpha value is -1.48. The number of halogens is 2. The molecule has 1 aromatic heterocycles. The monoisotopic (exact) mass is 400 g/mol. The van der Waals surface area contributed by atoms with Gasteiger partial charge in [0.15, 0.2) is 0 Å². The van der Waals surface area contributed by atoms with E-state index < -0.39 is 0 Å². The maximum absolute atomic E-state index is 6.15. The predicted molar refractivity (Wildman–Crippen MR) is 116 cm³/mol. The van der Waals surface area contributed by atoms with Crippen molar-refractivity contribution in [3.8, 4) is 0 Å². The fourth-order valence-electron chi connectivity index (χ4n) is 4.29. The van der Waals surface area contributed by atoms with E-state index in [1.165, 1.54) is 47.0 Å². The van der Waals surface area contributed by atoms with E-state index in [1.807, 2.05) is 12.1 Å². The number of H-pyrrole nitrogens is 1. The number of hydrogen-bond donors (Lipinski definition) is 2. The minimum absolute atomic E-state index is 0.446. The zero-order valence-corrected chi connectivity index (χ0v) is 17.2. The number of fused-ring (bicyclic) bond motifs is 3. The van der Waals surface area contributed by atoms with Crippen LogP contribution in [0.15, 0.2) is 42.5 Å². The number of nitrogens with one attached hydrogen (secondary N) is 2. The highest BCUT2D eigenvalue weighted by atomic mass is 35.5. The van der Waals surface area contributed by atoms with Crippen LogP contribution in [0.25, 0.3) is 10.9 Å². The largest absolute Gasteiger partial charge is 0.357 e. The number of aryl methyl sites for hydroxylation is 1. The molecule has 3 aromatic rings. The van der Waals surface area contributed by atoms with Crippen LogP contribution >= 0.6 is 23.2 Å². The summed E-state index contributed by atoms with van der Waals surface area (Å²) in [5, 5.41) is 6.45. The summed E-state index contributed by atoms with van der Waals surface area (Å²) < 4.78 is 0. The first-order valence-corrected chi connectivity index (χ1v) is 10.7. The van der Waals surface area contributed by atoms with Crippen LogP contribution in [0, 0.1) is 0 Å². The van der Waals surface area contributed by atoms with Crippen LogP contribution in [0.3, 0.4) is 0 Å². The molecule has 0 saturated carbocycles. The van der Waals surface area contributed by atoms with Crippen LogP contribution in [0.5, 0.6) is 0 Å². The molecule has 0 fully saturated rings. The fourth-order valence-corrected chi connectivity index (χ4v) is 4.60. The van der Waals surface area contributed by atoms with Gasteiger partial charge in [0.1, 0.15) is 0 Å². The van der Waals surface area contributed by atoms with Crippen molar-refractivity contribution in [2.24, 2.45) is 0 Å². The zero-order chi connectivity index (χ0) is 18.8. The van der Waals surface area contributed by atoms with Gasteiger partial charge in [0.25, 0.3) is 0 Å². The molecule has 2 nitrogen and oxygen atoms in total. The van der Waals surface area contributed by atoms with Gasteiger partial charge in [-0.1, -0.05) is 54.4 Å². The smallest absolute Gasteiger partial charge is 0.0595 e. The van der Waals surface area contributed by atoms with Crippen LogP contribution < -0.4 is 5.32 Å². The molecule has 0 saturated heterocycles. The Morgan fingerprint density at radius 2 is 2.00 bits per heavy atom. The molecule has 0 spiro atoms. The Bertz CT molecular complexity index is 931. The van der Waals surface area contributed by atoms with Crippen molar-refractivity contribution in [1.29, 1.82) is 0 Å². The van der Waals surface area contributed by atoms with Crippen molar-refractivity contribution in [2.75, 3.05) is 6.54 Å². The minimum Gasteiger partial charge on any atom is -0.357 e. The van der Waals surface area contributed by atoms with Gasteiger partial charge in [-0.05, 0) is 73.9 Å². The van der Waals surface area contributed by atoms with Gasteiger partial charge in [0, 0.05) is 22.6 Å². The quantitative estimate of drug-likeness (QED) is 0.427. The van der Waals surface area contributed by atoms with E-state index in [1.54, 1.807) is 0 Å². The number of benzene rings is 2. The van der Waals surface area contributed by atoms with Crippen LogP contribution in [0.2, 0.25) is 10.0 Å². The molecule has 1 aliphatic rings. The van der Waals surface area contributed by atoms with Crippen LogP contribution in [-0.4, -0.2) is 11.5 Å². The molecule has 4 heteroatoms. The van der Waals surface area contributed by atoms with Crippen molar-refractivity contribution < 1.29 is 0 Å². The summed E-state index contributed by atoms with van der Waals surface area (Å²) in [5.41, 5.74) is 5.45. The molecule has 0 bridgehead atoms. The summed E-state index contributed by atoms with van der Waals surface area (Å²) in [7, 11) is 0. The first-order valence-electron chi connectivity index (χ1n) is 9.91. The number of hydrogen-bond acceptors (Lipinski definition) is 1. The van der Waals surface area contributed by atoms with E-state index in [0.29, 0.717) is 22.0 Å². The van der Waals surface area contributed by atoms with Gasteiger partial charge in [-0.25, -0.2) is 0 Å². The fraction of sp³-hybridized carbons (Fsp3) is 0.391. The molecule has 2 atom stereocenters. The normalized spacial score (nSPS) is 17.8. The molecule has 0 amide bonds. The Balaban J connectivity index is 1.34. The number of aromatic amines is 1. The second-order valence-corrected chi connectivity index (χ2v) is 8.49. The van der Waals surface area contributed by atoms with Crippen LogP contribution in [0.1, 0.15) is 61.4 Å². The molecular weight excluding hydrogens is 375 g/mol. The van der Waals surface area contributed by atoms with E-state index in [4.69, 9.17) is 23.2 Å². The highest BCUT2D eigenvalue weighted by molar-refractivity contribution is 6.42. The van der Waals surface area contributed by atoms with E-state index in [-0.39, 0.29) is 0 Å². The van der Waals surface area contributed by atoms with Crippen molar-refractivity contribution in [2.45, 2.75) is 51.0 Å². The van der Waals surface area contributed by atoms with E-state index >= 15 is 0 Å². The standard InChI is InChI=1S/C23H26Cl2N2/c1-15(16-11-12-19(24)20(25)14-16)6-5-13-26-22-10-4-8-18-17-7-2-3-9-21(17)27-23(18)22/h2-3,7,9,11-12,14-15,22,26-27H,4-6,8,10,13H2,1H3. The minimum atomic E-state index is 0.446. The molecule has 1 aliphatic carbocycles. The van der Waals surface area contributed by atoms with Gasteiger partial charge < -0.3 is 10.3 Å². The number of para-hydroxylation sites is 1. The molecule has 1 heterocycles. The third-order valence-electron chi connectivity index (χ3n) is 5.83. The topological polar surface area (TPSA) is 27.8 Å². The second kappa shape index (κ2) is 8.26. The molecule has 0 radical (unpaired) electrons. The van der Waals surface area contributed by atoms with E-state index in [0.717, 1.165) is 19.4 Å². The summed E-state index contributed by atoms with van der Waals surface area (Å²) in [6.45, 7) is 3.29. The molecule has 2 N–H and O–H groups in total. The molecule has 2 aromatic carbocycles. The SMILES string of the molecule is CC(CCCNC1CCCc2c1[nH]c1ccccc21)c1ccc(Cl)c(Cl)c1. The van der Waals surface area contributed by atoms with Crippen LogP contribution in [0.4, 0.5) is 0 Å². The molecular formula is C23H26Cl2N2. The van der Waals surface area contributed by atoms with Crippen molar-refractivity contribution in [3.05, 3.63) is 69.3 Å². The highest BCUT2D eigenvalue weighted by Crippen LogP contribution is 2.34. The lowest BCUT2D eigenvalue weighted by Crippen LogP contribution is -2.26. The van der Waals surface area contributed by atoms with Gasteiger partial charge >= 0.3 is 0 Å². The molecule has 0 aliphatic heterocycles. The molecule has 2 unspecified atom stereocenters. The first-order chi connectivity index (χ1) is 13.1. The van der Waals surface area contributed by atoms with Gasteiger partial charge in [-0.2, -0.15) is 0 Å². The lowest BCUT2D eigenvalue weighted by Gasteiger charge is -2.24. The Morgan fingerprint density at radius 1 is 1.15 bits per heavy atom. The Kier molecular flexibility index (Phi) is 5.77. The number of aromatic nitrogens is 1. The highest BCUT2D eigenvalue weighted by Gasteiger charge is 2.23. The van der Waals surface area contributed by atoms with E-state index in [9.17, 15) is 0 Å². The van der Waals surface area contributed by atoms with Crippen molar-refractivity contribution in [3.63, 3.8) is 0 Å². The van der Waals surface area contributed by atoms with Gasteiger partial charge in [0.2, 0.25) is 0 Å². The number of rotatable bonds is 6. The van der Waals surface area contributed by atoms with Gasteiger partial charge in [-0.15, -0.1) is 0 Å². The summed E-state index contributed by atoms with van der Waals surface area (Å²) in [5.74, 6) is 0.483. The molecule has 4 rings (SSSR count).